The van der Waals surface area contributed by atoms with E-state index in [2.05, 4.69) is 78.6 Å². The van der Waals surface area contributed by atoms with Gasteiger partial charge in [-0.25, -0.2) is 14.7 Å². The molecular formula is C33H28ClN7. The SMILES string of the molecule is Cc1nn(-c2ccccc2)c2c1[C@@H](c1ccc(N(C)C)cc1)N1C(=N2)C(Nc2cccc(Cl)c2)=Nc2ccccc21. The quantitative estimate of drug-likeness (QED) is 0.246. The summed E-state index contributed by atoms with van der Waals surface area (Å²) in [6, 6.07) is 34.5. The number of hydrogen-bond acceptors (Lipinski definition) is 6. The number of para-hydroxylation sites is 3. The van der Waals surface area contributed by atoms with Crippen molar-refractivity contribution in [1.82, 2.24) is 9.78 Å². The molecule has 202 valence electrons. The first kappa shape index (κ1) is 25.1. The molecule has 2 aliphatic heterocycles. The minimum Gasteiger partial charge on any atom is -0.378 e. The first-order valence-electron chi connectivity index (χ1n) is 13.5. The van der Waals surface area contributed by atoms with E-state index < -0.39 is 0 Å². The van der Waals surface area contributed by atoms with Crippen LogP contribution < -0.4 is 15.1 Å². The molecule has 0 amide bonds. The van der Waals surface area contributed by atoms with Gasteiger partial charge in [0.2, 0.25) is 0 Å². The van der Waals surface area contributed by atoms with Crippen molar-refractivity contribution in [3.8, 4) is 5.69 Å². The standard InChI is InChI=1S/C33H28ClN7/c1-21-29-30(22-16-18-25(19-17-22)39(2)3)40-28-15-8-7-14-27(28)36-31(35-24-11-9-10-23(34)20-24)33(40)37-32(29)41(38-21)26-12-5-4-6-13-26/h4-20,30H,1-3H3,(H,35,36)/t30-/m1/s1. The largest absolute Gasteiger partial charge is 0.378 e. The van der Waals surface area contributed by atoms with Gasteiger partial charge in [0, 0.05) is 36.1 Å². The van der Waals surface area contributed by atoms with E-state index in [9.17, 15) is 0 Å². The Balaban J connectivity index is 1.48. The summed E-state index contributed by atoms with van der Waals surface area (Å²) in [6.07, 6.45) is 0. The topological polar surface area (TPSA) is 61.1 Å². The lowest BCUT2D eigenvalue weighted by Gasteiger charge is -2.40. The van der Waals surface area contributed by atoms with Crippen molar-refractivity contribution in [3.63, 3.8) is 0 Å². The molecule has 41 heavy (non-hydrogen) atoms. The Bertz CT molecular complexity index is 1820. The molecule has 0 radical (unpaired) electrons. The summed E-state index contributed by atoms with van der Waals surface area (Å²) in [5.41, 5.74) is 7.91. The highest BCUT2D eigenvalue weighted by molar-refractivity contribution is 6.51. The summed E-state index contributed by atoms with van der Waals surface area (Å²) in [5.74, 6) is 2.15. The molecule has 5 aromatic rings. The van der Waals surface area contributed by atoms with E-state index in [4.69, 9.17) is 26.7 Å². The number of anilines is 3. The van der Waals surface area contributed by atoms with E-state index in [0.29, 0.717) is 10.9 Å². The fraction of sp³-hybridized carbons (Fsp3) is 0.121. The Morgan fingerprint density at radius 2 is 1.59 bits per heavy atom. The number of rotatable bonds is 4. The third kappa shape index (κ3) is 4.35. The number of aliphatic imine (C=N–C) groups is 2. The van der Waals surface area contributed by atoms with Crippen LogP contribution in [0.25, 0.3) is 5.69 Å². The third-order valence-electron chi connectivity index (χ3n) is 7.45. The minimum absolute atomic E-state index is 0.181. The van der Waals surface area contributed by atoms with Crippen molar-refractivity contribution in [2.75, 3.05) is 29.2 Å². The summed E-state index contributed by atoms with van der Waals surface area (Å²) in [6.45, 7) is 2.06. The van der Waals surface area contributed by atoms with Gasteiger partial charge < -0.3 is 15.1 Å². The van der Waals surface area contributed by atoms with Gasteiger partial charge in [0.05, 0.1) is 28.8 Å². The highest BCUT2D eigenvalue weighted by atomic mass is 35.5. The van der Waals surface area contributed by atoms with Gasteiger partial charge in [-0.15, -0.1) is 0 Å². The molecule has 1 aromatic heterocycles. The lowest BCUT2D eigenvalue weighted by molar-refractivity contribution is 0.815. The Morgan fingerprint density at radius 1 is 0.829 bits per heavy atom. The van der Waals surface area contributed by atoms with Crippen LogP contribution >= 0.6 is 11.6 Å². The Morgan fingerprint density at radius 3 is 2.34 bits per heavy atom. The van der Waals surface area contributed by atoms with Crippen molar-refractivity contribution in [2.45, 2.75) is 13.0 Å². The van der Waals surface area contributed by atoms with Crippen molar-refractivity contribution < 1.29 is 0 Å². The molecule has 0 aliphatic carbocycles. The van der Waals surface area contributed by atoms with E-state index in [-0.39, 0.29) is 6.04 Å². The predicted molar refractivity (Wildman–Crippen MR) is 169 cm³/mol. The summed E-state index contributed by atoms with van der Waals surface area (Å²) < 4.78 is 1.94. The summed E-state index contributed by atoms with van der Waals surface area (Å²) in [7, 11) is 4.11. The lowest BCUT2D eigenvalue weighted by atomic mass is 9.93. The Labute approximate surface area is 244 Å². The van der Waals surface area contributed by atoms with Crippen molar-refractivity contribution in [3.05, 3.63) is 125 Å². The molecule has 0 spiro atoms. The minimum atomic E-state index is -0.181. The fourth-order valence-electron chi connectivity index (χ4n) is 5.52. The molecule has 7 rings (SSSR count). The molecule has 0 saturated heterocycles. The van der Waals surface area contributed by atoms with Crippen LogP contribution in [0.1, 0.15) is 22.9 Å². The van der Waals surface area contributed by atoms with Crippen LogP contribution in [0.3, 0.4) is 0 Å². The monoisotopic (exact) mass is 557 g/mol. The van der Waals surface area contributed by atoms with E-state index >= 15 is 0 Å². The maximum Gasteiger partial charge on any atom is 0.179 e. The van der Waals surface area contributed by atoms with Crippen LogP contribution in [-0.2, 0) is 0 Å². The maximum absolute atomic E-state index is 6.34. The van der Waals surface area contributed by atoms with Crippen LogP contribution in [0.15, 0.2) is 113 Å². The first-order chi connectivity index (χ1) is 20.0. The van der Waals surface area contributed by atoms with E-state index in [1.807, 2.05) is 65.3 Å². The summed E-state index contributed by atoms with van der Waals surface area (Å²) in [5, 5.41) is 9.17. The van der Waals surface area contributed by atoms with E-state index in [1.165, 1.54) is 0 Å². The van der Waals surface area contributed by atoms with Gasteiger partial charge in [0.1, 0.15) is 0 Å². The van der Waals surface area contributed by atoms with Gasteiger partial charge in [0.25, 0.3) is 0 Å². The normalized spacial score (nSPS) is 15.3. The number of benzene rings is 4. The predicted octanol–water partition coefficient (Wildman–Crippen LogP) is 7.70. The number of hydrogen-bond donors (Lipinski definition) is 1. The molecular weight excluding hydrogens is 530 g/mol. The summed E-state index contributed by atoms with van der Waals surface area (Å²) >= 11 is 6.34. The number of fused-ring (bicyclic) bond motifs is 4. The van der Waals surface area contributed by atoms with E-state index in [0.717, 1.165) is 56.9 Å². The first-order valence-corrected chi connectivity index (χ1v) is 13.9. The Hall–Kier alpha value is -4.88. The molecule has 1 N–H and O–H groups in total. The van der Waals surface area contributed by atoms with E-state index in [1.54, 1.807) is 0 Å². The molecule has 2 aliphatic rings. The maximum atomic E-state index is 6.34. The zero-order valence-corrected chi connectivity index (χ0v) is 23.7. The zero-order valence-electron chi connectivity index (χ0n) is 23.0. The fourth-order valence-corrected chi connectivity index (χ4v) is 5.71. The average molecular weight is 558 g/mol. The third-order valence-corrected chi connectivity index (χ3v) is 7.69. The van der Waals surface area contributed by atoms with Crippen molar-refractivity contribution >= 4 is 51.8 Å². The molecule has 4 aromatic carbocycles. The number of nitrogens with one attached hydrogen (secondary N) is 1. The molecule has 7 nitrogen and oxygen atoms in total. The highest BCUT2D eigenvalue weighted by Gasteiger charge is 2.41. The summed E-state index contributed by atoms with van der Waals surface area (Å²) in [4.78, 5) is 14.7. The van der Waals surface area contributed by atoms with Crippen molar-refractivity contribution in [1.29, 1.82) is 0 Å². The van der Waals surface area contributed by atoms with Gasteiger partial charge in [-0.1, -0.05) is 60.1 Å². The van der Waals surface area contributed by atoms with Crippen LogP contribution in [0, 0.1) is 6.92 Å². The van der Waals surface area contributed by atoms with Gasteiger partial charge in [0.15, 0.2) is 17.5 Å². The highest BCUT2D eigenvalue weighted by Crippen LogP contribution is 2.48. The van der Waals surface area contributed by atoms with Gasteiger partial charge >= 0.3 is 0 Å². The van der Waals surface area contributed by atoms with Crippen LogP contribution in [0.2, 0.25) is 5.02 Å². The molecule has 0 fully saturated rings. The molecule has 3 heterocycles. The molecule has 8 heteroatoms. The second-order valence-corrected chi connectivity index (χ2v) is 10.8. The van der Waals surface area contributed by atoms with Crippen LogP contribution in [0.4, 0.5) is 28.6 Å². The molecule has 0 unspecified atom stereocenters. The van der Waals surface area contributed by atoms with Gasteiger partial charge in [-0.3, -0.25) is 0 Å². The van der Waals surface area contributed by atoms with Crippen molar-refractivity contribution in [2.24, 2.45) is 9.98 Å². The number of halogens is 1. The molecule has 0 saturated carbocycles. The molecule has 1 atom stereocenters. The second-order valence-electron chi connectivity index (χ2n) is 10.3. The average Bonchev–Trinajstić information content (AvgIpc) is 3.32. The van der Waals surface area contributed by atoms with Crippen LogP contribution in [0.5, 0.6) is 0 Å². The smallest absolute Gasteiger partial charge is 0.179 e. The van der Waals surface area contributed by atoms with Crippen LogP contribution in [-0.4, -0.2) is 35.5 Å². The number of nitrogens with zero attached hydrogens (tertiary/aromatic N) is 6. The number of amidine groups is 2. The number of aromatic nitrogens is 2. The molecule has 0 bridgehead atoms. The Kier molecular flexibility index (Phi) is 6.09. The lowest BCUT2D eigenvalue weighted by Crippen LogP contribution is -2.46. The second kappa shape index (κ2) is 9.94. The zero-order chi connectivity index (χ0) is 28.1. The number of aryl methyl sites for hydroxylation is 1. The van der Waals surface area contributed by atoms with Gasteiger partial charge in [-0.05, 0) is 67.1 Å². The van der Waals surface area contributed by atoms with Gasteiger partial charge in [-0.2, -0.15) is 5.10 Å².